The average molecular weight is 330 g/mol. The fraction of sp³-hybridized carbons (Fsp3) is 0.389. The minimum Gasteiger partial charge on any atom is -0.496 e. The number of benzene rings is 1. The average Bonchev–Trinajstić information content (AvgIpc) is 3.07. The van der Waals surface area contributed by atoms with Crippen LogP contribution in [-0.2, 0) is 11.3 Å². The highest BCUT2D eigenvalue weighted by molar-refractivity contribution is 7.07. The SMILES string of the molecule is COc1ccccc1[C@H]1CN(Cc2ccsc2)CCN1C(C)=O. The van der Waals surface area contributed by atoms with Gasteiger partial charge in [-0.2, -0.15) is 11.3 Å². The second-order valence-corrected chi connectivity index (χ2v) is 6.62. The number of carbonyl (C=O) groups excluding carboxylic acids is 1. The number of hydrogen-bond donors (Lipinski definition) is 0. The van der Waals surface area contributed by atoms with E-state index in [0.717, 1.165) is 37.5 Å². The van der Waals surface area contributed by atoms with E-state index >= 15 is 0 Å². The van der Waals surface area contributed by atoms with Gasteiger partial charge in [-0.25, -0.2) is 0 Å². The molecule has 3 rings (SSSR count). The minimum absolute atomic E-state index is 0.0380. The van der Waals surface area contributed by atoms with Crippen molar-refractivity contribution in [1.29, 1.82) is 0 Å². The second-order valence-electron chi connectivity index (χ2n) is 5.84. The molecular formula is C18H22N2O2S. The molecule has 1 saturated heterocycles. The summed E-state index contributed by atoms with van der Waals surface area (Å²) in [5.41, 5.74) is 2.42. The van der Waals surface area contributed by atoms with Gasteiger partial charge in [-0.1, -0.05) is 18.2 Å². The van der Waals surface area contributed by atoms with Crippen LogP contribution >= 0.6 is 11.3 Å². The quantitative estimate of drug-likeness (QED) is 0.863. The Hall–Kier alpha value is -1.85. The summed E-state index contributed by atoms with van der Waals surface area (Å²) in [6.45, 7) is 5.07. The van der Waals surface area contributed by atoms with Gasteiger partial charge in [0.15, 0.2) is 0 Å². The number of nitrogens with zero attached hydrogens (tertiary/aromatic N) is 2. The van der Waals surface area contributed by atoms with Crippen molar-refractivity contribution in [3.05, 3.63) is 52.2 Å². The largest absolute Gasteiger partial charge is 0.496 e. The zero-order valence-electron chi connectivity index (χ0n) is 13.6. The van der Waals surface area contributed by atoms with Crippen LogP contribution in [0.2, 0.25) is 0 Å². The topological polar surface area (TPSA) is 32.8 Å². The fourth-order valence-electron chi connectivity index (χ4n) is 3.21. The van der Waals surface area contributed by atoms with E-state index in [4.69, 9.17) is 4.74 Å². The third kappa shape index (κ3) is 3.57. The highest BCUT2D eigenvalue weighted by Gasteiger charge is 2.31. The van der Waals surface area contributed by atoms with Gasteiger partial charge >= 0.3 is 0 Å². The predicted octanol–water partition coefficient (Wildman–Crippen LogP) is 3.16. The summed E-state index contributed by atoms with van der Waals surface area (Å²) < 4.78 is 5.51. The third-order valence-electron chi connectivity index (χ3n) is 4.35. The Morgan fingerprint density at radius 2 is 2.13 bits per heavy atom. The lowest BCUT2D eigenvalue weighted by molar-refractivity contribution is -0.134. The third-order valence-corrected chi connectivity index (χ3v) is 5.09. The summed E-state index contributed by atoms with van der Waals surface area (Å²) in [7, 11) is 1.68. The Bertz CT molecular complexity index is 657. The van der Waals surface area contributed by atoms with Crippen molar-refractivity contribution in [1.82, 2.24) is 9.80 Å². The van der Waals surface area contributed by atoms with Crippen molar-refractivity contribution in [3.63, 3.8) is 0 Å². The van der Waals surface area contributed by atoms with Crippen LogP contribution in [0.4, 0.5) is 0 Å². The Balaban J connectivity index is 1.84. The molecular weight excluding hydrogens is 308 g/mol. The first-order chi connectivity index (χ1) is 11.2. The van der Waals surface area contributed by atoms with Crippen molar-refractivity contribution in [2.24, 2.45) is 0 Å². The monoisotopic (exact) mass is 330 g/mol. The van der Waals surface area contributed by atoms with Gasteiger partial charge in [0, 0.05) is 38.7 Å². The van der Waals surface area contributed by atoms with Gasteiger partial charge in [-0.05, 0) is 28.5 Å². The zero-order chi connectivity index (χ0) is 16.2. The van der Waals surface area contributed by atoms with E-state index < -0.39 is 0 Å². The summed E-state index contributed by atoms with van der Waals surface area (Å²) in [5.74, 6) is 0.970. The van der Waals surface area contributed by atoms with Crippen LogP contribution in [0.5, 0.6) is 5.75 Å². The van der Waals surface area contributed by atoms with Crippen molar-refractivity contribution in [3.8, 4) is 5.75 Å². The van der Waals surface area contributed by atoms with Gasteiger partial charge in [-0.15, -0.1) is 0 Å². The maximum atomic E-state index is 12.1. The Labute approximate surface area is 141 Å². The smallest absolute Gasteiger partial charge is 0.220 e. The molecule has 1 amide bonds. The fourth-order valence-corrected chi connectivity index (χ4v) is 3.87. The van der Waals surface area contributed by atoms with E-state index in [1.165, 1.54) is 5.56 Å². The summed E-state index contributed by atoms with van der Waals surface area (Å²) in [4.78, 5) is 16.4. The molecule has 1 aliphatic heterocycles. The number of amides is 1. The predicted molar refractivity (Wildman–Crippen MR) is 92.7 cm³/mol. The molecule has 1 atom stereocenters. The number of piperazine rings is 1. The molecule has 1 aromatic carbocycles. The van der Waals surface area contributed by atoms with Crippen LogP contribution in [0.3, 0.4) is 0 Å². The number of methoxy groups -OCH3 is 1. The van der Waals surface area contributed by atoms with Crippen LogP contribution in [0, 0.1) is 0 Å². The first-order valence-electron chi connectivity index (χ1n) is 7.82. The van der Waals surface area contributed by atoms with Crippen molar-refractivity contribution >= 4 is 17.2 Å². The molecule has 122 valence electrons. The molecule has 2 aromatic rings. The van der Waals surface area contributed by atoms with Gasteiger partial charge in [0.1, 0.15) is 5.75 Å². The molecule has 0 spiro atoms. The van der Waals surface area contributed by atoms with Crippen LogP contribution in [-0.4, -0.2) is 42.5 Å². The molecule has 2 heterocycles. The summed E-state index contributed by atoms with van der Waals surface area (Å²) in [6, 6.07) is 10.2. The van der Waals surface area contributed by atoms with Crippen LogP contribution in [0.25, 0.3) is 0 Å². The van der Waals surface area contributed by atoms with Gasteiger partial charge in [0.2, 0.25) is 5.91 Å². The minimum atomic E-state index is 0.0380. The normalized spacial score (nSPS) is 18.9. The number of rotatable bonds is 4. The van der Waals surface area contributed by atoms with E-state index in [9.17, 15) is 4.79 Å². The molecule has 0 aliphatic carbocycles. The highest BCUT2D eigenvalue weighted by atomic mass is 32.1. The number of ether oxygens (including phenoxy) is 1. The molecule has 0 radical (unpaired) electrons. The first kappa shape index (κ1) is 16.0. The molecule has 1 aromatic heterocycles. The maximum absolute atomic E-state index is 12.1. The van der Waals surface area contributed by atoms with Crippen LogP contribution in [0.15, 0.2) is 41.1 Å². The van der Waals surface area contributed by atoms with Gasteiger partial charge in [-0.3, -0.25) is 9.69 Å². The highest BCUT2D eigenvalue weighted by Crippen LogP contribution is 2.32. The lowest BCUT2D eigenvalue weighted by Gasteiger charge is -2.41. The molecule has 23 heavy (non-hydrogen) atoms. The van der Waals surface area contributed by atoms with Crippen LogP contribution in [0.1, 0.15) is 24.1 Å². The van der Waals surface area contributed by atoms with Crippen molar-refractivity contribution < 1.29 is 9.53 Å². The Morgan fingerprint density at radius 3 is 2.83 bits per heavy atom. The standard InChI is InChI=1S/C18H22N2O2S/c1-14(21)20-9-8-19(11-15-7-10-23-13-15)12-17(20)16-5-3-4-6-18(16)22-2/h3-7,10,13,17H,8-9,11-12H2,1-2H3/t17-/m1/s1. The lowest BCUT2D eigenvalue weighted by atomic mass is 10.0. The Kier molecular flexibility index (Phi) is 4.98. The van der Waals surface area contributed by atoms with Crippen LogP contribution < -0.4 is 4.74 Å². The van der Waals surface area contributed by atoms with E-state index in [-0.39, 0.29) is 11.9 Å². The van der Waals surface area contributed by atoms with Gasteiger partial charge in [0.05, 0.1) is 13.2 Å². The molecule has 5 heteroatoms. The molecule has 4 nitrogen and oxygen atoms in total. The summed E-state index contributed by atoms with van der Waals surface area (Å²) in [5, 5.41) is 4.30. The second kappa shape index (κ2) is 7.15. The molecule has 0 bridgehead atoms. The zero-order valence-corrected chi connectivity index (χ0v) is 14.4. The molecule has 0 saturated carbocycles. The van der Waals surface area contributed by atoms with E-state index in [2.05, 4.69) is 27.8 Å². The molecule has 1 aliphatic rings. The number of para-hydroxylation sites is 1. The van der Waals surface area contributed by atoms with Gasteiger partial charge < -0.3 is 9.64 Å². The van der Waals surface area contributed by atoms with Gasteiger partial charge in [0.25, 0.3) is 0 Å². The number of carbonyl (C=O) groups is 1. The van der Waals surface area contributed by atoms with E-state index in [1.54, 1.807) is 25.4 Å². The maximum Gasteiger partial charge on any atom is 0.220 e. The van der Waals surface area contributed by atoms with Crippen molar-refractivity contribution in [2.45, 2.75) is 19.5 Å². The molecule has 0 unspecified atom stereocenters. The Morgan fingerprint density at radius 1 is 1.30 bits per heavy atom. The summed E-state index contributed by atoms with van der Waals surface area (Å²) in [6.07, 6.45) is 0. The lowest BCUT2D eigenvalue weighted by Crippen LogP contribution is -2.49. The van der Waals surface area contributed by atoms with Crippen molar-refractivity contribution in [2.75, 3.05) is 26.7 Å². The van der Waals surface area contributed by atoms with E-state index in [0.29, 0.717) is 0 Å². The summed E-state index contributed by atoms with van der Waals surface area (Å²) >= 11 is 1.73. The van der Waals surface area contributed by atoms with E-state index in [1.807, 2.05) is 23.1 Å². The molecule has 0 N–H and O–H groups in total. The number of thiophene rings is 1. The number of hydrogen-bond acceptors (Lipinski definition) is 4. The first-order valence-corrected chi connectivity index (χ1v) is 8.77. The molecule has 1 fully saturated rings.